The smallest absolute Gasteiger partial charge is 0.252 e. The summed E-state index contributed by atoms with van der Waals surface area (Å²) in [6.45, 7) is 4.55. The first-order valence-corrected chi connectivity index (χ1v) is 4.68. The number of carbonyl (C=O) groups is 3. The van der Waals surface area contributed by atoms with E-state index >= 15 is 0 Å². The number of nitrogens with two attached hydrogens (primary N) is 1. The predicted molar refractivity (Wildman–Crippen MR) is 52.6 cm³/mol. The third kappa shape index (κ3) is 1.99. The van der Waals surface area contributed by atoms with Crippen LogP contribution in [0.3, 0.4) is 0 Å². The summed E-state index contributed by atoms with van der Waals surface area (Å²) in [6, 6.07) is -0.719. The van der Waals surface area contributed by atoms with E-state index in [1.807, 2.05) is 0 Å². The number of nitrogens with zero attached hydrogens (tertiary/aromatic N) is 1. The Balaban J connectivity index is 2.99. The van der Waals surface area contributed by atoms with Crippen molar-refractivity contribution in [2.45, 2.75) is 32.4 Å². The van der Waals surface area contributed by atoms with E-state index in [9.17, 15) is 14.4 Å². The van der Waals surface area contributed by atoms with Crippen molar-refractivity contribution in [3.8, 4) is 0 Å². The lowest BCUT2D eigenvalue weighted by molar-refractivity contribution is -0.156. The monoisotopic (exact) mass is 213 g/mol. The molecule has 1 fully saturated rings. The second kappa shape index (κ2) is 3.62. The minimum Gasteiger partial charge on any atom is -0.320 e. The highest BCUT2D eigenvalue weighted by molar-refractivity contribution is 6.06. The largest absolute Gasteiger partial charge is 0.320 e. The molecule has 1 saturated heterocycles. The number of carbonyl (C=O) groups excluding carboxylic acids is 3. The van der Waals surface area contributed by atoms with Crippen LogP contribution in [0, 0.1) is 0 Å². The maximum absolute atomic E-state index is 11.7. The lowest BCUT2D eigenvalue weighted by atomic mass is 9.98. The van der Waals surface area contributed by atoms with Crippen LogP contribution in [-0.2, 0) is 14.4 Å². The van der Waals surface area contributed by atoms with Gasteiger partial charge in [0.1, 0.15) is 12.1 Å². The topological polar surface area (TPSA) is 92.5 Å². The molecule has 0 spiro atoms. The molecule has 3 N–H and O–H groups in total. The number of rotatable bonds is 1. The summed E-state index contributed by atoms with van der Waals surface area (Å²) < 4.78 is 0. The Morgan fingerprint density at radius 1 is 1.53 bits per heavy atom. The second-order valence-corrected chi connectivity index (χ2v) is 4.15. The van der Waals surface area contributed by atoms with E-state index in [4.69, 9.17) is 5.73 Å². The van der Waals surface area contributed by atoms with Gasteiger partial charge in [0.2, 0.25) is 11.8 Å². The number of hydrogen-bond donors (Lipinski definition) is 2. The molecule has 0 unspecified atom stereocenters. The molecule has 0 aromatic heterocycles. The fourth-order valence-corrected chi connectivity index (χ4v) is 1.38. The van der Waals surface area contributed by atoms with Crippen LogP contribution in [0.2, 0.25) is 0 Å². The van der Waals surface area contributed by atoms with Crippen LogP contribution in [0.1, 0.15) is 20.8 Å². The average Bonchev–Trinajstić information content (AvgIpc) is 2.10. The third-order valence-electron chi connectivity index (χ3n) is 2.44. The van der Waals surface area contributed by atoms with Crippen molar-refractivity contribution in [2.24, 2.45) is 5.73 Å². The van der Waals surface area contributed by atoms with Crippen molar-refractivity contribution in [3.63, 3.8) is 0 Å². The quantitative estimate of drug-likeness (QED) is 0.524. The van der Waals surface area contributed by atoms with E-state index in [0.29, 0.717) is 0 Å². The van der Waals surface area contributed by atoms with Gasteiger partial charge in [-0.15, -0.1) is 0 Å². The van der Waals surface area contributed by atoms with Gasteiger partial charge >= 0.3 is 0 Å². The maximum atomic E-state index is 11.7. The summed E-state index contributed by atoms with van der Waals surface area (Å²) in [6.07, 6.45) is 0. The maximum Gasteiger partial charge on any atom is 0.252 e. The lowest BCUT2D eigenvalue weighted by Gasteiger charge is -2.40. The van der Waals surface area contributed by atoms with Crippen molar-refractivity contribution >= 4 is 17.7 Å². The molecule has 0 aromatic carbocycles. The second-order valence-electron chi connectivity index (χ2n) is 4.15. The minimum atomic E-state index is -1.03. The van der Waals surface area contributed by atoms with Crippen molar-refractivity contribution in [1.29, 1.82) is 0 Å². The average molecular weight is 213 g/mol. The summed E-state index contributed by atoms with van der Waals surface area (Å²) in [4.78, 5) is 35.5. The summed E-state index contributed by atoms with van der Waals surface area (Å²) in [7, 11) is 0. The van der Waals surface area contributed by atoms with Gasteiger partial charge in [0.25, 0.3) is 5.91 Å². The Kier molecular flexibility index (Phi) is 2.81. The summed E-state index contributed by atoms with van der Waals surface area (Å²) in [5, 5.41) is 2.18. The molecule has 1 rings (SSSR count). The highest BCUT2D eigenvalue weighted by atomic mass is 16.2. The number of imide groups is 1. The number of nitrogens with one attached hydrogen (secondary N) is 1. The van der Waals surface area contributed by atoms with Gasteiger partial charge in [-0.2, -0.15) is 0 Å². The molecule has 0 radical (unpaired) electrons. The molecule has 3 amide bonds. The molecule has 6 heteroatoms. The third-order valence-corrected chi connectivity index (χ3v) is 2.44. The van der Waals surface area contributed by atoms with Crippen LogP contribution in [-0.4, -0.2) is 40.7 Å². The molecule has 0 aromatic rings. The van der Waals surface area contributed by atoms with E-state index in [1.54, 1.807) is 13.8 Å². The Morgan fingerprint density at radius 2 is 2.07 bits per heavy atom. The zero-order chi connectivity index (χ0) is 11.8. The summed E-state index contributed by atoms with van der Waals surface area (Å²) in [5.41, 5.74) is 4.42. The fourth-order valence-electron chi connectivity index (χ4n) is 1.38. The van der Waals surface area contributed by atoms with Gasteiger partial charge in [-0.1, -0.05) is 0 Å². The zero-order valence-electron chi connectivity index (χ0n) is 9.03. The van der Waals surface area contributed by atoms with E-state index in [2.05, 4.69) is 5.32 Å². The van der Waals surface area contributed by atoms with Gasteiger partial charge in [0.05, 0.1) is 6.04 Å². The highest BCUT2D eigenvalue weighted by Gasteiger charge is 2.43. The van der Waals surface area contributed by atoms with Crippen molar-refractivity contribution in [1.82, 2.24) is 10.2 Å². The van der Waals surface area contributed by atoms with Gasteiger partial charge < -0.3 is 10.6 Å². The van der Waals surface area contributed by atoms with Crippen LogP contribution in [0.15, 0.2) is 0 Å². The molecule has 84 valence electrons. The van der Waals surface area contributed by atoms with Gasteiger partial charge in [0.15, 0.2) is 0 Å². The highest BCUT2D eigenvalue weighted by Crippen LogP contribution is 2.18. The van der Waals surface area contributed by atoms with Gasteiger partial charge in [-0.3, -0.25) is 19.7 Å². The molecular formula is C9H15N3O3. The molecule has 1 heterocycles. The van der Waals surface area contributed by atoms with Crippen LogP contribution < -0.4 is 11.1 Å². The predicted octanol–water partition coefficient (Wildman–Crippen LogP) is -1.40. The molecule has 1 atom stereocenters. The zero-order valence-corrected chi connectivity index (χ0v) is 9.03. The molecule has 6 nitrogen and oxygen atoms in total. The molecule has 0 bridgehead atoms. The van der Waals surface area contributed by atoms with Crippen molar-refractivity contribution < 1.29 is 14.4 Å². The van der Waals surface area contributed by atoms with Crippen molar-refractivity contribution in [3.05, 3.63) is 0 Å². The van der Waals surface area contributed by atoms with Crippen LogP contribution >= 0.6 is 0 Å². The fraction of sp³-hybridized carbons (Fsp3) is 0.667. The Hall–Kier alpha value is -1.43. The SMILES string of the molecule is C[C@H](N)C(=O)N1CC(=O)NC(=O)C1(C)C. The number of hydrogen-bond acceptors (Lipinski definition) is 4. The standard InChI is InChI=1S/C9H15N3O3/c1-5(10)7(14)12-4-6(13)11-8(15)9(12,2)3/h5H,4,10H2,1-3H3,(H,11,13,15)/t5-/m0/s1. The molecule has 1 aliphatic heterocycles. The normalized spacial score (nSPS) is 22.3. The molecule has 1 aliphatic rings. The van der Waals surface area contributed by atoms with Crippen LogP contribution in [0.4, 0.5) is 0 Å². The van der Waals surface area contributed by atoms with Crippen LogP contribution in [0.5, 0.6) is 0 Å². The first kappa shape index (κ1) is 11.6. The first-order valence-electron chi connectivity index (χ1n) is 4.68. The van der Waals surface area contributed by atoms with E-state index in [0.717, 1.165) is 0 Å². The van der Waals surface area contributed by atoms with E-state index in [-0.39, 0.29) is 6.54 Å². The molecular weight excluding hydrogens is 198 g/mol. The van der Waals surface area contributed by atoms with Crippen LogP contribution in [0.25, 0.3) is 0 Å². The summed E-state index contributed by atoms with van der Waals surface area (Å²) in [5.74, 6) is -1.36. The van der Waals surface area contributed by atoms with E-state index < -0.39 is 29.3 Å². The van der Waals surface area contributed by atoms with Gasteiger partial charge in [0, 0.05) is 0 Å². The van der Waals surface area contributed by atoms with Crippen molar-refractivity contribution in [2.75, 3.05) is 6.54 Å². The number of amides is 3. The minimum absolute atomic E-state index is 0.126. The molecule has 0 saturated carbocycles. The Bertz CT molecular complexity index is 323. The molecule has 15 heavy (non-hydrogen) atoms. The Labute approximate surface area is 87.8 Å². The Morgan fingerprint density at radius 3 is 2.53 bits per heavy atom. The lowest BCUT2D eigenvalue weighted by Crippen LogP contribution is -2.67. The van der Waals surface area contributed by atoms with E-state index in [1.165, 1.54) is 11.8 Å². The van der Waals surface area contributed by atoms with Gasteiger partial charge in [-0.25, -0.2) is 0 Å². The van der Waals surface area contributed by atoms with Gasteiger partial charge in [-0.05, 0) is 20.8 Å². The molecule has 0 aliphatic carbocycles. The number of piperazine rings is 1. The summed E-state index contributed by atoms with van der Waals surface area (Å²) >= 11 is 0. The first-order chi connectivity index (χ1) is 6.76.